The average Bonchev–Trinajstić information content (AvgIpc) is 2.71. The summed E-state index contributed by atoms with van der Waals surface area (Å²) in [5.41, 5.74) is -0.900. The van der Waals surface area contributed by atoms with Crippen molar-refractivity contribution in [3.8, 4) is 0 Å². The molecule has 2 aromatic carbocycles. The number of alkyl halides is 3. The van der Waals surface area contributed by atoms with Crippen LogP contribution < -0.4 is 10.0 Å². The van der Waals surface area contributed by atoms with E-state index in [4.69, 9.17) is 0 Å². The second kappa shape index (κ2) is 8.80. The minimum Gasteiger partial charge on any atom is -0.351 e. The molecule has 0 radical (unpaired) electrons. The van der Waals surface area contributed by atoms with Crippen molar-refractivity contribution in [1.29, 1.82) is 0 Å². The zero-order chi connectivity index (χ0) is 21.8. The van der Waals surface area contributed by atoms with E-state index in [0.717, 1.165) is 11.8 Å². The molecule has 0 aliphatic rings. The standard InChI is InChI=1S/C20H18F3N3O3S/c21-20(22,23)18-15-8-4-5-9-17(15)25-13-16(18)19(27)24-10-11-30(28,29)26-12-14-6-2-1-3-7-14/h1-9,13,26H,10-12H2,(H,24,27). The monoisotopic (exact) mass is 437 g/mol. The first-order chi connectivity index (χ1) is 14.2. The van der Waals surface area contributed by atoms with Crippen LogP contribution in [0.5, 0.6) is 0 Å². The first kappa shape index (κ1) is 21.7. The molecular weight excluding hydrogens is 419 g/mol. The molecule has 0 bridgehead atoms. The summed E-state index contributed by atoms with van der Waals surface area (Å²) in [6, 6.07) is 14.4. The zero-order valence-corrected chi connectivity index (χ0v) is 16.4. The van der Waals surface area contributed by atoms with Crippen molar-refractivity contribution in [3.05, 3.63) is 77.5 Å². The number of aromatic nitrogens is 1. The van der Waals surface area contributed by atoms with Gasteiger partial charge in [0.15, 0.2) is 0 Å². The minimum absolute atomic E-state index is 0.0733. The molecule has 158 valence electrons. The summed E-state index contributed by atoms with van der Waals surface area (Å²) >= 11 is 0. The number of hydrogen-bond donors (Lipinski definition) is 2. The first-order valence-electron chi connectivity index (χ1n) is 8.92. The van der Waals surface area contributed by atoms with Crippen LogP contribution in [0, 0.1) is 0 Å². The summed E-state index contributed by atoms with van der Waals surface area (Å²) in [7, 11) is -3.73. The van der Waals surface area contributed by atoms with Gasteiger partial charge in [0.05, 0.1) is 22.4 Å². The molecule has 3 rings (SSSR count). The number of rotatable bonds is 7. The summed E-state index contributed by atoms with van der Waals surface area (Å²) in [4.78, 5) is 16.3. The van der Waals surface area contributed by atoms with Crippen LogP contribution in [0.4, 0.5) is 13.2 Å². The number of amides is 1. The van der Waals surface area contributed by atoms with Crippen LogP contribution in [-0.2, 0) is 22.7 Å². The van der Waals surface area contributed by atoms with Crippen LogP contribution in [0.25, 0.3) is 10.9 Å². The van der Waals surface area contributed by atoms with E-state index < -0.39 is 39.0 Å². The Morgan fingerprint density at radius 3 is 2.37 bits per heavy atom. The minimum atomic E-state index is -4.78. The normalized spacial score (nSPS) is 12.1. The van der Waals surface area contributed by atoms with Crippen molar-refractivity contribution in [3.63, 3.8) is 0 Å². The molecule has 0 atom stereocenters. The maximum Gasteiger partial charge on any atom is 0.417 e. The van der Waals surface area contributed by atoms with Crippen molar-refractivity contribution in [2.24, 2.45) is 0 Å². The second-order valence-corrected chi connectivity index (χ2v) is 8.37. The van der Waals surface area contributed by atoms with Crippen LogP contribution in [0.15, 0.2) is 60.8 Å². The Hall–Kier alpha value is -2.98. The second-order valence-electron chi connectivity index (χ2n) is 6.44. The number of nitrogens with zero attached hydrogens (tertiary/aromatic N) is 1. The Morgan fingerprint density at radius 1 is 1.00 bits per heavy atom. The number of benzene rings is 2. The maximum atomic E-state index is 13.6. The molecule has 1 heterocycles. The number of carbonyl (C=O) groups excluding carboxylic acids is 1. The summed E-state index contributed by atoms with van der Waals surface area (Å²) in [5.74, 6) is -1.52. The Labute approximate surface area is 171 Å². The van der Waals surface area contributed by atoms with Gasteiger partial charge in [-0.2, -0.15) is 13.2 Å². The lowest BCUT2D eigenvalue weighted by Crippen LogP contribution is -2.35. The molecule has 2 N–H and O–H groups in total. The van der Waals surface area contributed by atoms with E-state index in [1.807, 2.05) is 0 Å². The molecule has 0 unspecified atom stereocenters. The Kier molecular flexibility index (Phi) is 6.37. The highest BCUT2D eigenvalue weighted by atomic mass is 32.2. The third-order valence-corrected chi connectivity index (χ3v) is 5.62. The Bertz CT molecular complexity index is 1150. The molecule has 30 heavy (non-hydrogen) atoms. The molecule has 0 aliphatic heterocycles. The van der Waals surface area contributed by atoms with Gasteiger partial charge in [0.1, 0.15) is 0 Å². The van der Waals surface area contributed by atoms with Crippen LogP contribution >= 0.6 is 0 Å². The molecular formula is C20H18F3N3O3S. The van der Waals surface area contributed by atoms with E-state index in [0.29, 0.717) is 0 Å². The highest BCUT2D eigenvalue weighted by Crippen LogP contribution is 2.36. The highest BCUT2D eigenvalue weighted by molar-refractivity contribution is 7.89. The van der Waals surface area contributed by atoms with E-state index in [9.17, 15) is 26.4 Å². The average molecular weight is 437 g/mol. The number of halogens is 3. The van der Waals surface area contributed by atoms with Gasteiger partial charge in [-0.05, 0) is 11.6 Å². The van der Waals surface area contributed by atoms with E-state index in [2.05, 4.69) is 15.0 Å². The number of para-hydroxylation sites is 1. The fraction of sp³-hybridized carbons (Fsp3) is 0.200. The predicted molar refractivity (Wildman–Crippen MR) is 106 cm³/mol. The predicted octanol–water partition coefficient (Wildman–Crippen LogP) is 3.10. The molecule has 0 aliphatic carbocycles. The molecule has 10 heteroatoms. The summed E-state index contributed by atoms with van der Waals surface area (Å²) < 4.78 is 67.3. The number of fused-ring (bicyclic) bond motifs is 1. The molecule has 0 spiro atoms. The summed E-state index contributed by atoms with van der Waals surface area (Å²) in [6.07, 6.45) is -3.93. The SMILES string of the molecule is O=C(NCCS(=O)(=O)NCc1ccccc1)c1cnc2ccccc2c1C(F)(F)F. The molecule has 1 amide bonds. The number of sulfonamides is 1. The van der Waals surface area contributed by atoms with E-state index in [1.54, 1.807) is 36.4 Å². The van der Waals surface area contributed by atoms with Gasteiger partial charge < -0.3 is 5.32 Å². The number of carbonyl (C=O) groups is 1. The van der Waals surface area contributed by atoms with Crippen molar-refractivity contribution >= 4 is 26.8 Å². The van der Waals surface area contributed by atoms with Gasteiger partial charge in [0, 0.05) is 24.7 Å². The van der Waals surface area contributed by atoms with E-state index >= 15 is 0 Å². The van der Waals surface area contributed by atoms with Gasteiger partial charge in [-0.25, -0.2) is 13.1 Å². The van der Waals surface area contributed by atoms with E-state index in [1.165, 1.54) is 18.2 Å². The molecule has 0 saturated heterocycles. The first-order valence-corrected chi connectivity index (χ1v) is 10.6. The van der Waals surface area contributed by atoms with Gasteiger partial charge in [-0.3, -0.25) is 9.78 Å². The molecule has 0 fully saturated rings. The van der Waals surface area contributed by atoms with Gasteiger partial charge in [0.25, 0.3) is 5.91 Å². The van der Waals surface area contributed by atoms with Gasteiger partial charge >= 0.3 is 6.18 Å². The van der Waals surface area contributed by atoms with Crippen molar-refractivity contribution < 1.29 is 26.4 Å². The molecule has 0 saturated carbocycles. The fourth-order valence-corrected chi connectivity index (χ4v) is 3.78. The van der Waals surface area contributed by atoms with Crippen LogP contribution in [0.2, 0.25) is 0 Å². The third kappa shape index (κ3) is 5.33. The lowest BCUT2D eigenvalue weighted by molar-refractivity contribution is -0.136. The smallest absolute Gasteiger partial charge is 0.351 e. The lowest BCUT2D eigenvalue weighted by atomic mass is 10.0. The number of nitrogens with one attached hydrogen (secondary N) is 2. The summed E-state index contributed by atoms with van der Waals surface area (Å²) in [6.45, 7) is -0.281. The van der Waals surface area contributed by atoms with Crippen LogP contribution in [0.3, 0.4) is 0 Å². The van der Waals surface area contributed by atoms with Crippen molar-refractivity contribution in [1.82, 2.24) is 15.0 Å². The fourth-order valence-electron chi connectivity index (χ4n) is 2.87. The molecule has 6 nitrogen and oxygen atoms in total. The van der Waals surface area contributed by atoms with Crippen molar-refractivity contribution in [2.45, 2.75) is 12.7 Å². The maximum absolute atomic E-state index is 13.6. The van der Waals surface area contributed by atoms with Gasteiger partial charge in [0.2, 0.25) is 10.0 Å². The van der Waals surface area contributed by atoms with Crippen LogP contribution in [0.1, 0.15) is 21.5 Å². The highest BCUT2D eigenvalue weighted by Gasteiger charge is 2.37. The number of pyridine rings is 1. The number of hydrogen-bond acceptors (Lipinski definition) is 4. The quantitative estimate of drug-likeness (QED) is 0.595. The lowest BCUT2D eigenvalue weighted by Gasteiger charge is -2.15. The topological polar surface area (TPSA) is 88.2 Å². The third-order valence-electron chi connectivity index (χ3n) is 4.30. The van der Waals surface area contributed by atoms with E-state index in [-0.39, 0.29) is 24.0 Å². The van der Waals surface area contributed by atoms with Gasteiger partial charge in [-0.15, -0.1) is 0 Å². The zero-order valence-electron chi connectivity index (χ0n) is 15.6. The molecule has 1 aromatic heterocycles. The van der Waals surface area contributed by atoms with Crippen LogP contribution in [-0.4, -0.2) is 31.6 Å². The van der Waals surface area contributed by atoms with Crippen molar-refractivity contribution in [2.75, 3.05) is 12.3 Å². The Balaban J connectivity index is 1.68. The molecule has 3 aromatic rings. The van der Waals surface area contributed by atoms with Gasteiger partial charge in [-0.1, -0.05) is 48.5 Å². The summed E-state index contributed by atoms with van der Waals surface area (Å²) in [5, 5.41) is 2.03. The largest absolute Gasteiger partial charge is 0.417 e. The Morgan fingerprint density at radius 2 is 1.67 bits per heavy atom.